The van der Waals surface area contributed by atoms with Gasteiger partial charge in [-0.05, 0) is 57.5 Å². The minimum absolute atomic E-state index is 0.0640. The van der Waals surface area contributed by atoms with E-state index < -0.39 is 0 Å². The van der Waals surface area contributed by atoms with Crippen molar-refractivity contribution in [2.75, 3.05) is 51.5 Å². The predicted octanol–water partition coefficient (Wildman–Crippen LogP) is 2.01. The molecular formula is C20H33N3O4S. The zero-order valence-corrected chi connectivity index (χ0v) is 17.9. The smallest absolute Gasteiger partial charge is 0.409 e. The van der Waals surface area contributed by atoms with Gasteiger partial charge in [0.25, 0.3) is 0 Å². The first-order valence-corrected chi connectivity index (χ1v) is 11.8. The van der Waals surface area contributed by atoms with E-state index in [4.69, 9.17) is 9.47 Å². The molecule has 8 heteroatoms. The molecule has 4 aliphatic rings. The number of hydrogen-bond acceptors (Lipinski definition) is 7. The molecule has 0 aromatic rings. The van der Waals surface area contributed by atoms with Crippen LogP contribution in [0.3, 0.4) is 0 Å². The van der Waals surface area contributed by atoms with Gasteiger partial charge in [-0.2, -0.15) is 0 Å². The molecule has 158 valence electrons. The number of esters is 1. The first-order chi connectivity index (χ1) is 13.5. The molecule has 1 saturated carbocycles. The molecule has 1 spiro atoms. The molecule has 3 aliphatic heterocycles. The third-order valence-electron chi connectivity index (χ3n) is 7.18. The van der Waals surface area contributed by atoms with Gasteiger partial charge in [0.05, 0.1) is 13.7 Å². The van der Waals surface area contributed by atoms with Gasteiger partial charge in [-0.15, -0.1) is 11.8 Å². The van der Waals surface area contributed by atoms with Crippen molar-refractivity contribution in [1.82, 2.24) is 14.7 Å². The van der Waals surface area contributed by atoms with Gasteiger partial charge in [0.1, 0.15) is 6.04 Å². The van der Waals surface area contributed by atoms with E-state index in [0.29, 0.717) is 24.1 Å². The zero-order valence-electron chi connectivity index (χ0n) is 17.1. The van der Waals surface area contributed by atoms with Crippen LogP contribution in [0.5, 0.6) is 0 Å². The first kappa shape index (κ1) is 20.3. The van der Waals surface area contributed by atoms with Crippen LogP contribution in [-0.2, 0) is 14.3 Å². The van der Waals surface area contributed by atoms with Crippen molar-refractivity contribution >= 4 is 23.8 Å². The second-order valence-corrected chi connectivity index (χ2v) is 9.75. The number of carbonyl (C=O) groups is 2. The van der Waals surface area contributed by atoms with Crippen LogP contribution in [0, 0.1) is 5.41 Å². The number of thioether (sulfide) groups is 1. The number of likely N-dealkylation sites (tertiary alicyclic amines) is 2. The fraction of sp³-hybridized carbons (Fsp3) is 0.900. The SMILES string of the molecule is CCOC(=O)N1CCC2(CC(N3CCC(N4CSCC4C(=O)OC)CC3)C2)C1. The number of piperidine rings is 1. The molecule has 4 rings (SSSR count). The van der Waals surface area contributed by atoms with E-state index in [2.05, 4.69) is 9.80 Å². The Balaban J connectivity index is 1.23. The molecule has 1 unspecified atom stereocenters. The Hall–Kier alpha value is -0.990. The Morgan fingerprint density at radius 1 is 1.14 bits per heavy atom. The molecule has 3 saturated heterocycles. The van der Waals surface area contributed by atoms with Crippen molar-refractivity contribution < 1.29 is 19.1 Å². The summed E-state index contributed by atoms with van der Waals surface area (Å²) in [5, 5.41) is 0. The molecule has 3 heterocycles. The van der Waals surface area contributed by atoms with Gasteiger partial charge >= 0.3 is 12.1 Å². The lowest BCUT2D eigenvalue weighted by Gasteiger charge is -2.52. The molecule has 4 fully saturated rings. The average Bonchev–Trinajstić information content (AvgIpc) is 3.34. The van der Waals surface area contributed by atoms with E-state index in [9.17, 15) is 9.59 Å². The molecule has 7 nitrogen and oxygen atoms in total. The maximum absolute atomic E-state index is 12.0. The Morgan fingerprint density at radius 3 is 2.57 bits per heavy atom. The highest BCUT2D eigenvalue weighted by Crippen LogP contribution is 2.50. The summed E-state index contributed by atoms with van der Waals surface area (Å²) >= 11 is 1.84. The van der Waals surface area contributed by atoms with Crippen molar-refractivity contribution in [2.45, 2.75) is 57.2 Å². The summed E-state index contributed by atoms with van der Waals surface area (Å²) < 4.78 is 10.2. The van der Waals surface area contributed by atoms with Crippen molar-refractivity contribution in [3.63, 3.8) is 0 Å². The molecule has 1 aliphatic carbocycles. The van der Waals surface area contributed by atoms with Crippen LogP contribution in [0.2, 0.25) is 0 Å². The lowest BCUT2D eigenvalue weighted by Crippen LogP contribution is -2.56. The molecule has 0 N–H and O–H groups in total. The number of methoxy groups -OCH3 is 1. The van der Waals surface area contributed by atoms with E-state index >= 15 is 0 Å². The van der Waals surface area contributed by atoms with Crippen molar-refractivity contribution in [2.24, 2.45) is 5.41 Å². The van der Waals surface area contributed by atoms with Gasteiger partial charge in [0.2, 0.25) is 0 Å². The largest absolute Gasteiger partial charge is 0.468 e. The molecular weight excluding hydrogens is 378 g/mol. The number of carbonyl (C=O) groups excluding carboxylic acids is 2. The standard InChI is InChI=1S/C20H33N3O4S/c1-3-27-19(25)22-9-6-20(13-22)10-16(11-20)21-7-4-15(5-8-21)23-14-28-12-17(23)18(24)26-2/h15-17H,3-14H2,1-2H3. The van der Waals surface area contributed by atoms with Gasteiger partial charge < -0.3 is 19.3 Å². The van der Waals surface area contributed by atoms with Crippen LogP contribution in [0.15, 0.2) is 0 Å². The summed E-state index contributed by atoms with van der Waals surface area (Å²) in [5.74, 6) is 1.72. The van der Waals surface area contributed by atoms with Gasteiger partial charge in [-0.3, -0.25) is 9.69 Å². The van der Waals surface area contributed by atoms with Gasteiger partial charge in [-0.1, -0.05) is 0 Å². The van der Waals surface area contributed by atoms with E-state index in [-0.39, 0.29) is 18.1 Å². The van der Waals surface area contributed by atoms with Crippen molar-refractivity contribution in [3.8, 4) is 0 Å². The maximum atomic E-state index is 12.0. The van der Waals surface area contributed by atoms with E-state index in [1.165, 1.54) is 20.0 Å². The molecule has 0 bridgehead atoms. The van der Waals surface area contributed by atoms with Crippen LogP contribution in [0.1, 0.15) is 39.0 Å². The molecule has 28 heavy (non-hydrogen) atoms. The highest BCUT2D eigenvalue weighted by Gasteiger charge is 2.51. The molecule has 1 amide bonds. The first-order valence-electron chi connectivity index (χ1n) is 10.6. The lowest BCUT2D eigenvalue weighted by molar-refractivity contribution is -0.146. The van der Waals surface area contributed by atoms with Crippen LogP contribution >= 0.6 is 11.8 Å². The van der Waals surface area contributed by atoms with Crippen LogP contribution in [0.4, 0.5) is 4.79 Å². The van der Waals surface area contributed by atoms with Gasteiger partial charge in [0.15, 0.2) is 0 Å². The highest BCUT2D eigenvalue weighted by atomic mass is 32.2. The number of nitrogens with zero attached hydrogens (tertiary/aromatic N) is 3. The van der Waals surface area contributed by atoms with Crippen LogP contribution in [0.25, 0.3) is 0 Å². The molecule has 0 aromatic heterocycles. The van der Waals surface area contributed by atoms with E-state index in [1.807, 2.05) is 23.6 Å². The second-order valence-electron chi connectivity index (χ2n) is 8.75. The third kappa shape index (κ3) is 3.87. The normalized spacial score (nSPS) is 34.6. The topological polar surface area (TPSA) is 62.3 Å². The van der Waals surface area contributed by atoms with E-state index in [0.717, 1.165) is 57.1 Å². The average molecular weight is 412 g/mol. The summed E-state index contributed by atoms with van der Waals surface area (Å²) in [5.41, 5.74) is 0.329. The number of amides is 1. The highest BCUT2D eigenvalue weighted by molar-refractivity contribution is 7.99. The minimum Gasteiger partial charge on any atom is -0.468 e. The minimum atomic E-state index is -0.146. The Bertz CT molecular complexity index is 590. The Morgan fingerprint density at radius 2 is 1.89 bits per heavy atom. The number of ether oxygens (including phenoxy) is 2. The summed E-state index contributed by atoms with van der Waals surface area (Å²) in [6.45, 7) is 6.25. The predicted molar refractivity (Wildman–Crippen MR) is 108 cm³/mol. The second kappa shape index (κ2) is 8.40. The summed E-state index contributed by atoms with van der Waals surface area (Å²) in [7, 11) is 1.49. The summed E-state index contributed by atoms with van der Waals surface area (Å²) in [6, 6.07) is 1.09. The maximum Gasteiger partial charge on any atom is 0.409 e. The van der Waals surface area contributed by atoms with Crippen LogP contribution < -0.4 is 0 Å². The van der Waals surface area contributed by atoms with Gasteiger partial charge in [0, 0.05) is 36.8 Å². The summed E-state index contributed by atoms with van der Waals surface area (Å²) in [6.07, 6.45) is 5.65. The lowest BCUT2D eigenvalue weighted by atomic mass is 9.64. The molecule has 0 aromatic carbocycles. The third-order valence-corrected chi connectivity index (χ3v) is 8.21. The van der Waals surface area contributed by atoms with Gasteiger partial charge in [-0.25, -0.2) is 4.79 Å². The van der Waals surface area contributed by atoms with Crippen molar-refractivity contribution in [1.29, 1.82) is 0 Å². The monoisotopic (exact) mass is 411 g/mol. The Labute approximate surface area is 172 Å². The zero-order chi connectivity index (χ0) is 19.7. The van der Waals surface area contributed by atoms with E-state index in [1.54, 1.807) is 0 Å². The Kier molecular flexibility index (Phi) is 6.09. The number of hydrogen-bond donors (Lipinski definition) is 0. The van der Waals surface area contributed by atoms with Crippen molar-refractivity contribution in [3.05, 3.63) is 0 Å². The fourth-order valence-corrected chi connectivity index (χ4v) is 6.83. The molecule has 1 atom stereocenters. The quantitative estimate of drug-likeness (QED) is 0.656. The number of rotatable bonds is 4. The fourth-order valence-electron chi connectivity index (χ4n) is 5.57. The van der Waals surface area contributed by atoms with Crippen LogP contribution in [-0.4, -0.2) is 96.4 Å². The summed E-state index contributed by atoms with van der Waals surface area (Å²) in [4.78, 5) is 30.9. The molecule has 0 radical (unpaired) electrons.